The lowest BCUT2D eigenvalue weighted by Gasteiger charge is -2.08. The SMILES string of the molecule is CCc1cnc2cccc(OC)c2c1Cl. The summed E-state index contributed by atoms with van der Waals surface area (Å²) < 4.78 is 5.28. The van der Waals surface area contributed by atoms with Crippen LogP contribution in [-0.4, -0.2) is 12.1 Å². The third-order valence-corrected chi connectivity index (χ3v) is 2.90. The highest BCUT2D eigenvalue weighted by Gasteiger charge is 2.09. The highest BCUT2D eigenvalue weighted by Crippen LogP contribution is 2.33. The molecule has 0 aliphatic heterocycles. The van der Waals surface area contributed by atoms with Gasteiger partial charge in [-0.3, -0.25) is 4.98 Å². The van der Waals surface area contributed by atoms with Crippen LogP contribution in [0.3, 0.4) is 0 Å². The van der Waals surface area contributed by atoms with Crippen LogP contribution in [0.1, 0.15) is 12.5 Å². The Morgan fingerprint density at radius 2 is 2.20 bits per heavy atom. The second-order valence-corrected chi connectivity index (χ2v) is 3.68. The van der Waals surface area contributed by atoms with Crippen molar-refractivity contribution in [3.8, 4) is 5.75 Å². The van der Waals surface area contributed by atoms with Crippen molar-refractivity contribution in [2.45, 2.75) is 13.3 Å². The summed E-state index contributed by atoms with van der Waals surface area (Å²) in [5.41, 5.74) is 1.92. The van der Waals surface area contributed by atoms with Crippen LogP contribution >= 0.6 is 11.6 Å². The van der Waals surface area contributed by atoms with Crippen LogP contribution < -0.4 is 4.74 Å². The predicted molar refractivity (Wildman–Crippen MR) is 62.7 cm³/mol. The van der Waals surface area contributed by atoms with Gasteiger partial charge in [0.15, 0.2) is 0 Å². The van der Waals surface area contributed by atoms with Crippen LogP contribution in [0.15, 0.2) is 24.4 Å². The molecule has 3 heteroatoms. The Morgan fingerprint density at radius 1 is 1.40 bits per heavy atom. The average Bonchev–Trinajstić information content (AvgIpc) is 2.29. The number of hydrogen-bond donors (Lipinski definition) is 0. The standard InChI is InChI=1S/C12H12ClNO/c1-3-8-7-14-9-5-4-6-10(15-2)11(9)12(8)13/h4-7H,3H2,1-2H3. The summed E-state index contributed by atoms with van der Waals surface area (Å²) in [4.78, 5) is 4.36. The first-order chi connectivity index (χ1) is 7.27. The minimum absolute atomic E-state index is 0.750. The zero-order valence-electron chi connectivity index (χ0n) is 8.75. The van der Waals surface area contributed by atoms with E-state index in [1.165, 1.54) is 0 Å². The van der Waals surface area contributed by atoms with Gasteiger partial charge in [-0.15, -0.1) is 0 Å². The molecule has 0 atom stereocenters. The van der Waals surface area contributed by atoms with Gasteiger partial charge in [-0.2, -0.15) is 0 Å². The molecule has 0 aliphatic rings. The maximum Gasteiger partial charge on any atom is 0.129 e. The monoisotopic (exact) mass is 221 g/mol. The van der Waals surface area contributed by atoms with E-state index in [4.69, 9.17) is 16.3 Å². The average molecular weight is 222 g/mol. The largest absolute Gasteiger partial charge is 0.496 e. The molecule has 2 rings (SSSR count). The summed E-state index contributed by atoms with van der Waals surface area (Å²) in [5.74, 6) is 0.778. The molecule has 0 spiro atoms. The molecule has 1 aromatic heterocycles. The van der Waals surface area contributed by atoms with E-state index in [9.17, 15) is 0 Å². The second kappa shape index (κ2) is 4.07. The Morgan fingerprint density at radius 3 is 2.87 bits per heavy atom. The molecule has 0 radical (unpaired) electrons. The van der Waals surface area contributed by atoms with E-state index in [0.29, 0.717) is 0 Å². The lowest BCUT2D eigenvalue weighted by atomic mass is 10.1. The fraction of sp³-hybridized carbons (Fsp3) is 0.250. The number of methoxy groups -OCH3 is 1. The van der Waals surface area contributed by atoms with Crippen LogP contribution in [0.2, 0.25) is 5.02 Å². The van der Waals surface area contributed by atoms with Crippen LogP contribution in [0, 0.1) is 0 Å². The van der Waals surface area contributed by atoms with Gasteiger partial charge in [0.1, 0.15) is 5.75 Å². The van der Waals surface area contributed by atoms with Crippen molar-refractivity contribution in [1.29, 1.82) is 0 Å². The van der Waals surface area contributed by atoms with Crippen molar-refractivity contribution in [3.63, 3.8) is 0 Å². The lowest BCUT2D eigenvalue weighted by molar-refractivity contribution is 0.419. The third kappa shape index (κ3) is 1.65. The van der Waals surface area contributed by atoms with Crippen molar-refractivity contribution in [2.75, 3.05) is 7.11 Å². The van der Waals surface area contributed by atoms with Crippen LogP contribution in [0.5, 0.6) is 5.75 Å². The lowest BCUT2D eigenvalue weighted by Crippen LogP contribution is -1.91. The molecule has 0 saturated heterocycles. The van der Waals surface area contributed by atoms with Crippen molar-refractivity contribution in [3.05, 3.63) is 35.0 Å². The topological polar surface area (TPSA) is 22.1 Å². The number of nitrogens with zero attached hydrogens (tertiary/aromatic N) is 1. The number of rotatable bonds is 2. The van der Waals surface area contributed by atoms with E-state index in [-0.39, 0.29) is 0 Å². The summed E-state index contributed by atoms with van der Waals surface area (Å²) in [6, 6.07) is 5.74. The highest BCUT2D eigenvalue weighted by atomic mass is 35.5. The fourth-order valence-electron chi connectivity index (χ4n) is 1.63. The predicted octanol–water partition coefficient (Wildman–Crippen LogP) is 3.46. The summed E-state index contributed by atoms with van der Waals surface area (Å²) in [7, 11) is 1.64. The first-order valence-corrected chi connectivity index (χ1v) is 5.25. The van der Waals surface area contributed by atoms with Crippen LogP contribution in [-0.2, 0) is 6.42 Å². The van der Waals surface area contributed by atoms with E-state index in [0.717, 1.165) is 33.7 Å². The summed E-state index contributed by atoms with van der Waals surface area (Å²) in [6.07, 6.45) is 2.70. The zero-order valence-corrected chi connectivity index (χ0v) is 9.51. The smallest absolute Gasteiger partial charge is 0.129 e. The van der Waals surface area contributed by atoms with Gasteiger partial charge in [0.2, 0.25) is 0 Å². The summed E-state index contributed by atoms with van der Waals surface area (Å²) in [6.45, 7) is 2.06. The molecule has 0 saturated carbocycles. The summed E-state index contributed by atoms with van der Waals surface area (Å²) >= 11 is 6.31. The molecule has 0 unspecified atom stereocenters. The van der Waals surface area contributed by atoms with Crippen molar-refractivity contribution < 1.29 is 4.74 Å². The van der Waals surface area contributed by atoms with E-state index in [2.05, 4.69) is 11.9 Å². The molecule has 0 fully saturated rings. The molecule has 1 aromatic carbocycles. The molecule has 78 valence electrons. The molecule has 0 bridgehead atoms. The fourth-order valence-corrected chi connectivity index (χ4v) is 2.00. The Labute approximate surface area is 93.8 Å². The number of aryl methyl sites for hydroxylation is 1. The van der Waals surface area contributed by atoms with E-state index >= 15 is 0 Å². The molecule has 2 aromatic rings. The van der Waals surface area contributed by atoms with Crippen molar-refractivity contribution in [2.24, 2.45) is 0 Å². The van der Waals surface area contributed by atoms with Gasteiger partial charge >= 0.3 is 0 Å². The number of fused-ring (bicyclic) bond motifs is 1. The minimum atomic E-state index is 0.750. The quantitative estimate of drug-likeness (QED) is 0.775. The first kappa shape index (κ1) is 10.2. The van der Waals surface area contributed by atoms with Crippen molar-refractivity contribution >= 4 is 22.5 Å². The number of pyridine rings is 1. The Kier molecular flexibility index (Phi) is 2.78. The number of ether oxygens (including phenoxy) is 1. The second-order valence-electron chi connectivity index (χ2n) is 3.31. The maximum atomic E-state index is 6.31. The molecule has 0 amide bonds. The highest BCUT2D eigenvalue weighted by molar-refractivity contribution is 6.36. The maximum absolute atomic E-state index is 6.31. The van der Waals surface area contributed by atoms with Gasteiger partial charge in [-0.05, 0) is 24.1 Å². The zero-order chi connectivity index (χ0) is 10.8. The number of aromatic nitrogens is 1. The molecular weight excluding hydrogens is 210 g/mol. The van der Waals surface area contributed by atoms with Crippen molar-refractivity contribution in [1.82, 2.24) is 4.98 Å². The van der Waals surface area contributed by atoms with Crippen LogP contribution in [0.4, 0.5) is 0 Å². The molecule has 0 aliphatic carbocycles. The van der Waals surface area contributed by atoms with E-state index in [1.54, 1.807) is 7.11 Å². The Hall–Kier alpha value is -1.28. The van der Waals surface area contributed by atoms with Gasteiger partial charge in [0, 0.05) is 6.20 Å². The number of halogens is 1. The van der Waals surface area contributed by atoms with Gasteiger partial charge < -0.3 is 4.74 Å². The Balaban J connectivity index is 2.82. The number of hydrogen-bond acceptors (Lipinski definition) is 2. The van der Waals surface area contributed by atoms with Crippen LogP contribution in [0.25, 0.3) is 10.9 Å². The minimum Gasteiger partial charge on any atom is -0.496 e. The molecule has 1 heterocycles. The van der Waals surface area contributed by atoms with E-state index < -0.39 is 0 Å². The number of benzene rings is 1. The first-order valence-electron chi connectivity index (χ1n) is 4.88. The summed E-state index contributed by atoms with van der Waals surface area (Å²) in [5, 5.41) is 1.65. The third-order valence-electron chi connectivity index (χ3n) is 2.47. The molecule has 0 N–H and O–H groups in total. The van der Waals surface area contributed by atoms with Gasteiger partial charge in [0.05, 0.1) is 23.0 Å². The molecule has 15 heavy (non-hydrogen) atoms. The van der Waals surface area contributed by atoms with Gasteiger partial charge in [-0.1, -0.05) is 24.6 Å². The van der Waals surface area contributed by atoms with E-state index in [1.807, 2.05) is 24.4 Å². The normalized spacial score (nSPS) is 10.6. The molecular formula is C12H12ClNO. The van der Waals surface area contributed by atoms with Gasteiger partial charge in [-0.25, -0.2) is 0 Å². The molecule has 2 nitrogen and oxygen atoms in total. The van der Waals surface area contributed by atoms with Gasteiger partial charge in [0.25, 0.3) is 0 Å². The Bertz CT molecular complexity index is 496.